The van der Waals surface area contributed by atoms with Gasteiger partial charge in [-0.05, 0) is 12.1 Å². The molecular weight excluding hydrogens is 170 g/mol. The van der Waals surface area contributed by atoms with E-state index in [1.165, 1.54) is 0 Å². The largest absolute Gasteiger partial charge is 0.481 e. The Morgan fingerprint density at radius 3 is 3.23 bits per heavy atom. The summed E-state index contributed by atoms with van der Waals surface area (Å²) in [4.78, 5) is 14.5. The predicted octanol–water partition coefficient (Wildman–Crippen LogP) is 0.585. The molecule has 0 aliphatic rings. The number of hydrogen-bond donors (Lipinski definition) is 2. The first kappa shape index (κ1) is 7.72. The van der Waals surface area contributed by atoms with Gasteiger partial charge >= 0.3 is 5.97 Å². The van der Waals surface area contributed by atoms with Crippen LogP contribution in [0.3, 0.4) is 0 Å². The van der Waals surface area contributed by atoms with Gasteiger partial charge in [-0.1, -0.05) is 0 Å². The number of rotatable bonds is 2. The Bertz CT molecular complexity index is 449. The van der Waals surface area contributed by atoms with Crippen molar-refractivity contribution in [3.63, 3.8) is 0 Å². The number of aromatic nitrogens is 3. The molecule has 0 amide bonds. The van der Waals surface area contributed by atoms with Gasteiger partial charge in [-0.2, -0.15) is 5.10 Å². The van der Waals surface area contributed by atoms with Crippen LogP contribution >= 0.6 is 0 Å². The Morgan fingerprint density at radius 1 is 1.62 bits per heavy atom. The van der Waals surface area contributed by atoms with Crippen molar-refractivity contribution in [2.24, 2.45) is 0 Å². The van der Waals surface area contributed by atoms with Crippen molar-refractivity contribution in [1.29, 1.82) is 0 Å². The van der Waals surface area contributed by atoms with E-state index in [0.29, 0.717) is 16.7 Å². The Balaban J connectivity index is 2.51. The Hall–Kier alpha value is -1.91. The smallest absolute Gasteiger partial charge is 0.309 e. The van der Waals surface area contributed by atoms with Gasteiger partial charge in [0.1, 0.15) is 11.0 Å². The second kappa shape index (κ2) is 2.85. The van der Waals surface area contributed by atoms with Gasteiger partial charge < -0.3 is 5.11 Å². The normalized spacial score (nSPS) is 10.5. The molecular formula is C8H7N3O2. The molecule has 5 heteroatoms. The molecule has 0 atom stereocenters. The zero-order valence-corrected chi connectivity index (χ0v) is 6.69. The molecule has 5 nitrogen and oxygen atoms in total. The van der Waals surface area contributed by atoms with Gasteiger partial charge in [-0.15, -0.1) is 0 Å². The average Bonchev–Trinajstić information content (AvgIpc) is 2.48. The molecule has 0 saturated carbocycles. The van der Waals surface area contributed by atoms with Crippen molar-refractivity contribution < 1.29 is 9.90 Å². The molecule has 2 N–H and O–H groups in total. The third kappa shape index (κ3) is 1.35. The van der Waals surface area contributed by atoms with Crippen molar-refractivity contribution in [3.05, 3.63) is 24.0 Å². The lowest BCUT2D eigenvalue weighted by Crippen LogP contribution is -2.00. The summed E-state index contributed by atoms with van der Waals surface area (Å²) < 4.78 is 0. The van der Waals surface area contributed by atoms with E-state index < -0.39 is 5.97 Å². The van der Waals surface area contributed by atoms with Gasteiger partial charge in [0.15, 0.2) is 0 Å². The minimum atomic E-state index is -0.892. The summed E-state index contributed by atoms with van der Waals surface area (Å²) in [5.74, 6) is -0.892. The van der Waals surface area contributed by atoms with Crippen LogP contribution in [0.25, 0.3) is 11.0 Å². The molecule has 0 aliphatic heterocycles. The van der Waals surface area contributed by atoms with Crippen LogP contribution in [0.5, 0.6) is 0 Å². The molecule has 2 heterocycles. The van der Waals surface area contributed by atoms with Gasteiger partial charge in [0.25, 0.3) is 0 Å². The SMILES string of the molecule is O=C(O)Cc1[nH]nc2cccnc12. The molecule has 2 aromatic rings. The summed E-state index contributed by atoms with van der Waals surface area (Å²) in [6.45, 7) is 0. The predicted molar refractivity (Wildman–Crippen MR) is 45.2 cm³/mol. The van der Waals surface area contributed by atoms with Crippen LogP contribution in [0, 0.1) is 0 Å². The van der Waals surface area contributed by atoms with Gasteiger partial charge in [0, 0.05) is 6.20 Å². The molecule has 0 spiro atoms. The first-order chi connectivity index (χ1) is 6.27. The first-order valence-electron chi connectivity index (χ1n) is 3.77. The summed E-state index contributed by atoms with van der Waals surface area (Å²) >= 11 is 0. The molecule has 0 aromatic carbocycles. The van der Waals surface area contributed by atoms with Crippen molar-refractivity contribution >= 4 is 17.0 Å². The van der Waals surface area contributed by atoms with Gasteiger partial charge in [-0.3, -0.25) is 14.9 Å². The van der Waals surface area contributed by atoms with E-state index in [1.54, 1.807) is 18.3 Å². The maximum Gasteiger partial charge on any atom is 0.309 e. The molecule has 13 heavy (non-hydrogen) atoms. The number of fused-ring (bicyclic) bond motifs is 1. The number of aromatic amines is 1. The van der Waals surface area contributed by atoms with Crippen LogP contribution < -0.4 is 0 Å². The summed E-state index contributed by atoms with van der Waals surface area (Å²) in [5, 5.41) is 15.1. The van der Waals surface area contributed by atoms with Gasteiger partial charge in [0.05, 0.1) is 12.1 Å². The molecule has 2 aromatic heterocycles. The molecule has 0 radical (unpaired) electrons. The first-order valence-corrected chi connectivity index (χ1v) is 3.77. The third-order valence-electron chi connectivity index (χ3n) is 1.71. The van der Waals surface area contributed by atoms with Gasteiger partial charge in [-0.25, -0.2) is 0 Å². The van der Waals surface area contributed by atoms with Crippen LogP contribution in [0.15, 0.2) is 18.3 Å². The highest BCUT2D eigenvalue weighted by Crippen LogP contribution is 2.11. The van der Waals surface area contributed by atoms with Crippen LogP contribution in [0.1, 0.15) is 5.69 Å². The monoisotopic (exact) mass is 177 g/mol. The van der Waals surface area contributed by atoms with E-state index in [0.717, 1.165) is 0 Å². The van der Waals surface area contributed by atoms with Crippen LogP contribution in [0.2, 0.25) is 0 Å². The highest BCUT2D eigenvalue weighted by molar-refractivity contribution is 5.81. The van der Waals surface area contributed by atoms with Crippen molar-refractivity contribution in [1.82, 2.24) is 15.2 Å². The summed E-state index contributed by atoms with van der Waals surface area (Å²) in [7, 11) is 0. The number of carboxylic acids is 1. The molecule has 0 fully saturated rings. The standard InChI is InChI=1S/C8H7N3O2/c12-7(13)4-6-8-5(10-11-6)2-1-3-9-8/h1-3H,4H2,(H,10,11)(H,12,13). The highest BCUT2D eigenvalue weighted by atomic mass is 16.4. The fourth-order valence-corrected chi connectivity index (χ4v) is 1.17. The number of H-pyrrole nitrogens is 1. The number of nitrogens with one attached hydrogen (secondary N) is 1. The van der Waals surface area contributed by atoms with E-state index in [9.17, 15) is 4.79 Å². The third-order valence-corrected chi connectivity index (χ3v) is 1.71. The number of hydrogen-bond acceptors (Lipinski definition) is 3. The van der Waals surface area contributed by atoms with E-state index in [4.69, 9.17) is 5.11 Å². The average molecular weight is 177 g/mol. The van der Waals surface area contributed by atoms with E-state index in [1.807, 2.05) is 0 Å². The lowest BCUT2D eigenvalue weighted by molar-refractivity contribution is -0.136. The fourth-order valence-electron chi connectivity index (χ4n) is 1.17. The summed E-state index contributed by atoms with van der Waals surface area (Å²) in [6.07, 6.45) is 1.54. The Kier molecular flexibility index (Phi) is 1.70. The van der Waals surface area contributed by atoms with Crippen LogP contribution in [0.4, 0.5) is 0 Å². The lowest BCUT2D eigenvalue weighted by atomic mass is 10.2. The van der Waals surface area contributed by atoms with E-state index in [-0.39, 0.29) is 6.42 Å². The second-order valence-electron chi connectivity index (χ2n) is 2.64. The summed E-state index contributed by atoms with van der Waals surface area (Å²) in [6, 6.07) is 3.54. The maximum absolute atomic E-state index is 10.4. The molecule has 0 unspecified atom stereocenters. The highest BCUT2D eigenvalue weighted by Gasteiger charge is 2.08. The Labute approximate surface area is 73.4 Å². The minimum Gasteiger partial charge on any atom is -0.481 e. The minimum absolute atomic E-state index is 0.0759. The topological polar surface area (TPSA) is 78.9 Å². The summed E-state index contributed by atoms with van der Waals surface area (Å²) in [5.41, 5.74) is 1.87. The fraction of sp³-hybridized carbons (Fsp3) is 0.125. The molecule has 0 saturated heterocycles. The van der Waals surface area contributed by atoms with Crippen molar-refractivity contribution in [3.8, 4) is 0 Å². The number of aliphatic carboxylic acids is 1. The molecule has 2 rings (SSSR count). The maximum atomic E-state index is 10.4. The zero-order valence-electron chi connectivity index (χ0n) is 6.69. The quantitative estimate of drug-likeness (QED) is 0.703. The number of nitrogens with zero attached hydrogens (tertiary/aromatic N) is 2. The molecule has 0 bridgehead atoms. The Morgan fingerprint density at radius 2 is 2.46 bits per heavy atom. The number of carboxylic acid groups (broad SMARTS) is 1. The van der Waals surface area contributed by atoms with E-state index >= 15 is 0 Å². The van der Waals surface area contributed by atoms with E-state index in [2.05, 4.69) is 15.2 Å². The lowest BCUT2D eigenvalue weighted by Gasteiger charge is -1.90. The van der Waals surface area contributed by atoms with Crippen LogP contribution in [-0.2, 0) is 11.2 Å². The molecule has 0 aliphatic carbocycles. The van der Waals surface area contributed by atoms with Crippen LogP contribution in [-0.4, -0.2) is 26.3 Å². The number of carbonyl (C=O) groups is 1. The van der Waals surface area contributed by atoms with Crippen molar-refractivity contribution in [2.45, 2.75) is 6.42 Å². The number of pyridine rings is 1. The molecule has 66 valence electrons. The van der Waals surface area contributed by atoms with Crippen molar-refractivity contribution in [2.75, 3.05) is 0 Å². The second-order valence-corrected chi connectivity index (χ2v) is 2.64. The zero-order chi connectivity index (χ0) is 9.26. The van der Waals surface area contributed by atoms with Gasteiger partial charge in [0.2, 0.25) is 0 Å².